The topological polar surface area (TPSA) is 112 Å². The molecule has 0 atom stereocenters. The molecule has 0 aliphatic rings. The minimum Gasteiger partial charge on any atom is -0.480 e. The molecule has 0 fully saturated rings. The monoisotopic (exact) mass is 310 g/mol. The third-order valence-corrected chi connectivity index (χ3v) is 4.10. The number of nitrogens with zero attached hydrogens (tertiary/aromatic N) is 2. The Morgan fingerprint density at radius 1 is 1.39 bits per heavy atom. The van der Waals surface area contributed by atoms with Crippen molar-refractivity contribution in [2.24, 2.45) is 0 Å². The van der Waals surface area contributed by atoms with Gasteiger partial charge in [0.05, 0.1) is 22.2 Å². The number of halogens is 2. The van der Waals surface area contributed by atoms with Crippen LogP contribution in [0.25, 0.3) is 4.98 Å². The molecular formula is C8H6Cl2N3O4S+. The molecule has 0 bridgehead atoms. The SMILES string of the molecule is N#[N+]c1cc(Cl)c(S(=O)(=O)NCC(=O)O)c(Cl)c1. The zero-order valence-corrected chi connectivity index (χ0v) is 10.9. The van der Waals surface area contributed by atoms with Gasteiger partial charge in [0.1, 0.15) is 11.4 Å². The predicted molar refractivity (Wildman–Crippen MR) is 64.0 cm³/mol. The number of carboxylic acid groups (broad SMARTS) is 1. The molecule has 0 unspecified atom stereocenters. The molecule has 0 saturated carbocycles. The Labute approximate surface area is 112 Å². The summed E-state index contributed by atoms with van der Waals surface area (Å²) in [5.74, 6) is -1.35. The zero-order valence-electron chi connectivity index (χ0n) is 8.59. The maximum atomic E-state index is 11.7. The van der Waals surface area contributed by atoms with Crippen molar-refractivity contribution in [3.63, 3.8) is 0 Å². The molecule has 0 aromatic heterocycles. The molecule has 0 aliphatic carbocycles. The van der Waals surface area contributed by atoms with Gasteiger partial charge in [0, 0.05) is 0 Å². The molecule has 0 saturated heterocycles. The van der Waals surface area contributed by atoms with Crippen molar-refractivity contribution in [2.75, 3.05) is 6.54 Å². The number of hydrogen-bond donors (Lipinski definition) is 2. The number of diazo groups is 1. The molecule has 0 amide bonds. The molecule has 96 valence electrons. The maximum absolute atomic E-state index is 11.7. The fourth-order valence-electron chi connectivity index (χ4n) is 1.09. The van der Waals surface area contributed by atoms with Crippen molar-refractivity contribution in [1.29, 1.82) is 5.39 Å². The van der Waals surface area contributed by atoms with E-state index in [1.54, 1.807) is 4.72 Å². The molecule has 0 radical (unpaired) electrons. The number of rotatable bonds is 4. The van der Waals surface area contributed by atoms with E-state index in [0.29, 0.717) is 0 Å². The van der Waals surface area contributed by atoms with E-state index in [0.717, 1.165) is 12.1 Å². The number of carbonyl (C=O) groups is 1. The Bertz CT molecular complexity index is 615. The van der Waals surface area contributed by atoms with Crippen LogP contribution < -0.4 is 4.72 Å². The van der Waals surface area contributed by atoms with Gasteiger partial charge >= 0.3 is 11.7 Å². The average molecular weight is 311 g/mol. The Kier molecular flexibility index (Phi) is 4.48. The van der Waals surface area contributed by atoms with Crippen LogP contribution in [-0.4, -0.2) is 26.0 Å². The first-order valence-electron chi connectivity index (χ1n) is 4.33. The minimum absolute atomic E-state index is 0.0258. The molecule has 7 nitrogen and oxygen atoms in total. The largest absolute Gasteiger partial charge is 0.480 e. The fourth-order valence-corrected chi connectivity index (χ4v) is 3.26. The third-order valence-electron chi connectivity index (χ3n) is 1.78. The average Bonchev–Trinajstić information content (AvgIpc) is 2.25. The molecular weight excluding hydrogens is 305 g/mol. The maximum Gasteiger partial charge on any atom is 0.388 e. The van der Waals surface area contributed by atoms with Gasteiger partial charge in [-0.2, -0.15) is 4.72 Å². The molecule has 0 spiro atoms. The van der Waals surface area contributed by atoms with Crippen LogP contribution in [0, 0.1) is 5.39 Å². The molecule has 10 heteroatoms. The van der Waals surface area contributed by atoms with Crippen molar-refractivity contribution in [2.45, 2.75) is 4.90 Å². The quantitative estimate of drug-likeness (QED) is 0.824. The summed E-state index contributed by atoms with van der Waals surface area (Å²) in [6, 6.07) is 2.14. The highest BCUT2D eigenvalue weighted by molar-refractivity contribution is 7.89. The fraction of sp³-hybridized carbons (Fsp3) is 0.125. The van der Waals surface area contributed by atoms with E-state index < -0.39 is 27.4 Å². The highest BCUT2D eigenvalue weighted by Gasteiger charge is 2.25. The predicted octanol–water partition coefficient (Wildman–Crippen LogP) is 1.84. The van der Waals surface area contributed by atoms with Gasteiger partial charge in [-0.3, -0.25) is 4.79 Å². The van der Waals surface area contributed by atoms with E-state index in [1.807, 2.05) is 0 Å². The molecule has 1 aromatic carbocycles. The van der Waals surface area contributed by atoms with Crippen molar-refractivity contribution in [3.05, 3.63) is 27.2 Å². The van der Waals surface area contributed by atoms with Crippen LogP contribution in [0.5, 0.6) is 0 Å². The summed E-state index contributed by atoms with van der Waals surface area (Å²) in [6.45, 7) is -0.804. The summed E-state index contributed by atoms with van der Waals surface area (Å²) < 4.78 is 25.3. The Morgan fingerprint density at radius 2 is 1.89 bits per heavy atom. The van der Waals surface area contributed by atoms with Crippen molar-refractivity contribution in [1.82, 2.24) is 4.72 Å². The second-order valence-corrected chi connectivity index (χ2v) is 5.58. The Morgan fingerprint density at radius 3 is 2.28 bits per heavy atom. The van der Waals surface area contributed by atoms with Gasteiger partial charge in [-0.25, -0.2) is 8.42 Å². The summed E-state index contributed by atoms with van der Waals surface area (Å²) in [6.07, 6.45) is 0. The molecule has 18 heavy (non-hydrogen) atoms. The van der Waals surface area contributed by atoms with Crippen LogP contribution in [0.3, 0.4) is 0 Å². The van der Waals surface area contributed by atoms with Crippen molar-refractivity contribution in [3.8, 4) is 0 Å². The van der Waals surface area contributed by atoms with E-state index in [4.69, 9.17) is 33.7 Å². The Balaban J connectivity index is 3.26. The van der Waals surface area contributed by atoms with E-state index >= 15 is 0 Å². The lowest BCUT2D eigenvalue weighted by molar-refractivity contribution is -0.135. The summed E-state index contributed by atoms with van der Waals surface area (Å²) in [7, 11) is -4.16. The first-order valence-corrected chi connectivity index (χ1v) is 6.57. The van der Waals surface area contributed by atoms with Crippen LogP contribution in [0.15, 0.2) is 17.0 Å². The third kappa shape index (κ3) is 3.30. The molecule has 2 N–H and O–H groups in total. The van der Waals surface area contributed by atoms with Gasteiger partial charge in [-0.05, 0) is 0 Å². The van der Waals surface area contributed by atoms with E-state index in [2.05, 4.69) is 4.98 Å². The molecule has 1 aromatic rings. The van der Waals surface area contributed by atoms with Gasteiger partial charge in [0.2, 0.25) is 15.4 Å². The van der Waals surface area contributed by atoms with Crippen molar-refractivity contribution < 1.29 is 18.3 Å². The smallest absolute Gasteiger partial charge is 0.388 e. The zero-order chi connectivity index (χ0) is 13.9. The Hall–Kier alpha value is -1.40. The van der Waals surface area contributed by atoms with Crippen LogP contribution in [0.1, 0.15) is 0 Å². The van der Waals surface area contributed by atoms with E-state index in [1.165, 1.54) is 0 Å². The lowest BCUT2D eigenvalue weighted by Gasteiger charge is -2.07. The summed E-state index contributed by atoms with van der Waals surface area (Å²) in [5, 5.41) is 16.4. The molecule has 0 heterocycles. The van der Waals surface area contributed by atoms with Crippen LogP contribution in [0.4, 0.5) is 5.69 Å². The number of sulfonamides is 1. The first-order chi connectivity index (χ1) is 8.27. The second-order valence-electron chi connectivity index (χ2n) is 3.06. The number of aliphatic carboxylic acids is 1. The summed E-state index contributed by atoms with van der Waals surface area (Å²) in [5.41, 5.74) is -0.0258. The molecule has 1 rings (SSSR count). The van der Waals surface area contributed by atoms with Crippen molar-refractivity contribution >= 4 is 44.9 Å². The second kappa shape index (κ2) is 5.49. The van der Waals surface area contributed by atoms with Gasteiger partial charge in [0.25, 0.3) is 0 Å². The standard InChI is InChI=1S/C8H5Cl2N3O4S/c9-5-1-4(13-11)2-6(10)8(5)18(16,17)12-3-7(14)15/h1-2,12H,3H2/p+1. The van der Waals surface area contributed by atoms with Gasteiger partial charge < -0.3 is 5.11 Å². The minimum atomic E-state index is -4.16. The van der Waals surface area contributed by atoms with Crippen LogP contribution in [0.2, 0.25) is 10.0 Å². The summed E-state index contributed by atoms with van der Waals surface area (Å²) >= 11 is 11.4. The van der Waals surface area contributed by atoms with Gasteiger partial charge in [-0.15, -0.1) is 0 Å². The van der Waals surface area contributed by atoms with E-state index in [9.17, 15) is 13.2 Å². The van der Waals surface area contributed by atoms with Gasteiger partial charge in [0.15, 0.2) is 4.98 Å². The highest BCUT2D eigenvalue weighted by atomic mass is 35.5. The molecule has 0 aliphatic heterocycles. The number of nitrogens with one attached hydrogen (secondary N) is 1. The summed E-state index contributed by atoms with van der Waals surface area (Å²) in [4.78, 5) is 12.6. The van der Waals surface area contributed by atoms with E-state index in [-0.39, 0.29) is 15.7 Å². The first kappa shape index (κ1) is 14.7. The number of hydrogen-bond acceptors (Lipinski definition) is 4. The lowest BCUT2D eigenvalue weighted by atomic mass is 10.3. The number of carboxylic acids is 1. The van der Waals surface area contributed by atoms with Gasteiger partial charge in [-0.1, -0.05) is 23.2 Å². The normalized spacial score (nSPS) is 10.9. The lowest BCUT2D eigenvalue weighted by Crippen LogP contribution is -2.29. The van der Waals surface area contributed by atoms with Crippen LogP contribution in [-0.2, 0) is 14.8 Å². The van der Waals surface area contributed by atoms with Crippen LogP contribution >= 0.6 is 23.2 Å². The number of benzene rings is 1. The highest BCUT2D eigenvalue weighted by Crippen LogP contribution is 2.33.